The van der Waals surface area contributed by atoms with Crippen LogP contribution in [0, 0.1) is 0 Å². The van der Waals surface area contributed by atoms with Gasteiger partial charge in [-0.15, -0.1) is 11.8 Å². The third-order valence-electron chi connectivity index (χ3n) is 4.02. The lowest BCUT2D eigenvalue weighted by Crippen LogP contribution is -1.83. The molecule has 0 aliphatic heterocycles. The molecule has 0 amide bonds. The number of hydrogen-bond acceptors (Lipinski definition) is 2. The van der Waals surface area contributed by atoms with Gasteiger partial charge in [0.1, 0.15) is 0 Å². The third kappa shape index (κ3) is 2.73. The van der Waals surface area contributed by atoms with E-state index >= 15 is 0 Å². The maximum atomic E-state index is 2.23. The number of rotatable bonds is 3. The Kier molecular flexibility index (Phi) is 4.02. The Hall–Kier alpha value is -1.90. The van der Waals surface area contributed by atoms with Crippen molar-refractivity contribution in [2.24, 2.45) is 0 Å². The minimum Gasteiger partial charge on any atom is -0.129 e. The van der Waals surface area contributed by atoms with Gasteiger partial charge in [-0.25, -0.2) is 0 Å². The largest absolute Gasteiger partial charge is 0.129 e. The molecule has 0 unspecified atom stereocenters. The number of benzene rings is 4. The number of fused-ring (bicyclic) bond motifs is 2. The summed E-state index contributed by atoms with van der Waals surface area (Å²) in [5, 5.41) is 5.28. The van der Waals surface area contributed by atoms with Gasteiger partial charge in [0.05, 0.1) is 0 Å². The van der Waals surface area contributed by atoms with Crippen LogP contribution in [0.5, 0.6) is 0 Å². The van der Waals surface area contributed by atoms with Crippen LogP contribution in [0.25, 0.3) is 21.5 Å². The molecule has 4 aromatic rings. The molecule has 112 valence electrons. The van der Waals surface area contributed by atoms with Crippen molar-refractivity contribution in [1.82, 2.24) is 0 Å². The van der Waals surface area contributed by atoms with E-state index < -0.39 is 0 Å². The van der Waals surface area contributed by atoms with Crippen molar-refractivity contribution in [3.63, 3.8) is 0 Å². The molecule has 0 bridgehead atoms. The first kappa shape index (κ1) is 14.7. The molecule has 0 radical (unpaired) electrons. The van der Waals surface area contributed by atoms with Gasteiger partial charge in [-0.2, -0.15) is 0 Å². The predicted molar refractivity (Wildman–Crippen MR) is 104 cm³/mol. The molecule has 0 aliphatic carbocycles. The fourth-order valence-electron chi connectivity index (χ4n) is 2.93. The zero-order valence-electron chi connectivity index (χ0n) is 12.8. The highest BCUT2D eigenvalue weighted by atomic mass is 32.2. The predicted octanol–water partition coefficient (Wildman–Crippen LogP) is 6.87. The van der Waals surface area contributed by atoms with Gasteiger partial charge in [0, 0.05) is 20.1 Å². The maximum Gasteiger partial charge on any atom is 0.0212 e. The van der Waals surface area contributed by atoms with Gasteiger partial charge in [-0.05, 0) is 40.6 Å². The molecule has 0 spiro atoms. The summed E-state index contributed by atoms with van der Waals surface area (Å²) < 4.78 is 0. The van der Waals surface area contributed by atoms with Crippen LogP contribution in [0.2, 0.25) is 0 Å². The molecular formula is C21H16S2. The molecular weight excluding hydrogens is 316 g/mol. The Balaban J connectivity index is 1.90. The van der Waals surface area contributed by atoms with Crippen molar-refractivity contribution >= 4 is 45.1 Å². The lowest BCUT2D eigenvalue weighted by Gasteiger charge is -2.11. The normalized spacial score (nSPS) is 11.2. The first-order valence-corrected chi connectivity index (χ1v) is 9.62. The second kappa shape index (κ2) is 6.31. The fourth-order valence-corrected chi connectivity index (χ4v) is 4.80. The molecule has 0 saturated heterocycles. The molecule has 4 aromatic carbocycles. The van der Waals surface area contributed by atoms with Gasteiger partial charge < -0.3 is 0 Å². The summed E-state index contributed by atoms with van der Waals surface area (Å²) in [7, 11) is 0. The zero-order chi connectivity index (χ0) is 15.6. The van der Waals surface area contributed by atoms with Crippen molar-refractivity contribution in [2.45, 2.75) is 14.7 Å². The summed E-state index contributed by atoms with van der Waals surface area (Å²) in [4.78, 5) is 3.97. The Morgan fingerprint density at radius 1 is 0.565 bits per heavy atom. The van der Waals surface area contributed by atoms with Gasteiger partial charge >= 0.3 is 0 Å². The van der Waals surface area contributed by atoms with Gasteiger partial charge in [0.25, 0.3) is 0 Å². The van der Waals surface area contributed by atoms with Crippen LogP contribution in [0.15, 0.2) is 93.5 Å². The first-order valence-electron chi connectivity index (χ1n) is 7.58. The van der Waals surface area contributed by atoms with E-state index in [1.807, 2.05) is 23.5 Å². The summed E-state index contributed by atoms with van der Waals surface area (Å²) in [6.07, 6.45) is 2.15. The molecule has 0 fully saturated rings. The Bertz CT molecular complexity index is 979. The minimum absolute atomic E-state index is 1.29. The van der Waals surface area contributed by atoms with Crippen molar-refractivity contribution in [2.75, 3.05) is 6.26 Å². The van der Waals surface area contributed by atoms with Crippen molar-refractivity contribution in [1.29, 1.82) is 0 Å². The molecule has 0 aromatic heterocycles. The van der Waals surface area contributed by atoms with E-state index in [1.165, 1.54) is 36.2 Å². The number of hydrogen-bond donors (Lipinski definition) is 0. The second-order valence-electron chi connectivity index (χ2n) is 5.39. The topological polar surface area (TPSA) is 0 Å². The first-order chi connectivity index (χ1) is 11.4. The highest BCUT2D eigenvalue weighted by Gasteiger charge is 2.09. The summed E-state index contributed by atoms with van der Waals surface area (Å²) >= 11 is 3.68. The summed E-state index contributed by atoms with van der Waals surface area (Å²) in [6, 6.07) is 28.3. The quantitative estimate of drug-likeness (QED) is 0.376. The molecule has 0 heterocycles. The van der Waals surface area contributed by atoms with Crippen LogP contribution in [0.4, 0.5) is 0 Å². The van der Waals surface area contributed by atoms with Crippen molar-refractivity contribution in [3.05, 3.63) is 78.9 Å². The van der Waals surface area contributed by atoms with Crippen LogP contribution < -0.4 is 0 Å². The van der Waals surface area contributed by atoms with Crippen LogP contribution in [0.3, 0.4) is 0 Å². The Morgan fingerprint density at radius 2 is 1.17 bits per heavy atom. The SMILES string of the molecule is CSc1cccc2cccc(Sc3cccc4ccccc34)c12. The van der Waals surface area contributed by atoms with Gasteiger partial charge in [-0.3, -0.25) is 0 Å². The summed E-state index contributed by atoms with van der Waals surface area (Å²) in [5.74, 6) is 0. The third-order valence-corrected chi connectivity index (χ3v) is 5.93. The molecule has 0 saturated carbocycles. The van der Waals surface area contributed by atoms with Gasteiger partial charge in [0.15, 0.2) is 0 Å². The van der Waals surface area contributed by atoms with E-state index in [0.29, 0.717) is 0 Å². The smallest absolute Gasteiger partial charge is 0.0212 e. The van der Waals surface area contributed by atoms with E-state index in [1.54, 1.807) is 0 Å². The molecule has 4 rings (SSSR count). The lowest BCUT2D eigenvalue weighted by molar-refractivity contribution is 1.43. The Labute approximate surface area is 144 Å². The highest BCUT2D eigenvalue weighted by molar-refractivity contribution is 8.00. The average molecular weight is 332 g/mol. The van der Waals surface area contributed by atoms with Gasteiger partial charge in [0.2, 0.25) is 0 Å². The van der Waals surface area contributed by atoms with E-state index in [0.717, 1.165) is 0 Å². The molecule has 0 N–H and O–H groups in total. The van der Waals surface area contributed by atoms with Crippen LogP contribution >= 0.6 is 23.5 Å². The van der Waals surface area contributed by atoms with E-state index in [-0.39, 0.29) is 0 Å². The fraction of sp³-hybridized carbons (Fsp3) is 0.0476. The second-order valence-corrected chi connectivity index (χ2v) is 7.33. The van der Waals surface area contributed by atoms with E-state index in [9.17, 15) is 0 Å². The highest BCUT2D eigenvalue weighted by Crippen LogP contribution is 2.40. The number of thioether (sulfide) groups is 1. The monoisotopic (exact) mass is 332 g/mol. The van der Waals surface area contributed by atoms with E-state index in [4.69, 9.17) is 0 Å². The van der Waals surface area contributed by atoms with Gasteiger partial charge in [-0.1, -0.05) is 72.4 Å². The summed E-state index contributed by atoms with van der Waals surface area (Å²) in [6.45, 7) is 0. The molecule has 23 heavy (non-hydrogen) atoms. The van der Waals surface area contributed by atoms with Crippen LogP contribution in [-0.4, -0.2) is 6.26 Å². The van der Waals surface area contributed by atoms with Crippen LogP contribution in [0.1, 0.15) is 0 Å². The standard InChI is InChI=1S/C21H16S2/c1-22-19-13-5-9-16-10-6-14-20(21(16)19)23-18-12-4-8-15-7-2-3-11-17(15)18/h2-14H,1H3. The molecule has 2 heteroatoms. The van der Waals surface area contributed by atoms with E-state index in [2.05, 4.69) is 85.1 Å². The molecule has 0 nitrogen and oxygen atoms in total. The van der Waals surface area contributed by atoms with Crippen LogP contribution in [-0.2, 0) is 0 Å². The Morgan fingerprint density at radius 3 is 1.96 bits per heavy atom. The van der Waals surface area contributed by atoms with Crippen molar-refractivity contribution < 1.29 is 0 Å². The average Bonchev–Trinajstić information content (AvgIpc) is 2.62. The maximum absolute atomic E-state index is 2.23. The zero-order valence-corrected chi connectivity index (χ0v) is 14.5. The minimum atomic E-state index is 1.29. The molecule has 0 aliphatic rings. The molecule has 0 atom stereocenters. The lowest BCUT2D eigenvalue weighted by atomic mass is 10.1. The summed E-state index contributed by atoms with van der Waals surface area (Å²) in [5.41, 5.74) is 0. The van der Waals surface area contributed by atoms with Crippen molar-refractivity contribution in [3.8, 4) is 0 Å².